The zero-order valence-electron chi connectivity index (χ0n) is 27.8. The maximum Gasteiger partial charge on any atom is 0.408 e. The van der Waals surface area contributed by atoms with E-state index in [9.17, 15) is 24.8 Å². The number of aromatic hydroxyl groups is 1. The zero-order valence-corrected chi connectivity index (χ0v) is 27.8. The van der Waals surface area contributed by atoms with Gasteiger partial charge in [-0.3, -0.25) is 9.59 Å². The lowest BCUT2D eigenvalue weighted by atomic mass is 10.0. The smallest absolute Gasteiger partial charge is 0.408 e. The van der Waals surface area contributed by atoms with Crippen molar-refractivity contribution in [1.29, 1.82) is 5.26 Å². The molecule has 1 saturated heterocycles. The fourth-order valence-corrected chi connectivity index (χ4v) is 5.29. The first kappa shape index (κ1) is 35.8. The lowest BCUT2D eigenvalue weighted by Crippen LogP contribution is -2.36. The molecule has 0 bridgehead atoms. The van der Waals surface area contributed by atoms with Gasteiger partial charge in [0.05, 0.1) is 25.7 Å². The molecule has 3 N–H and O–H groups in total. The molecule has 0 radical (unpaired) electrons. The molecule has 0 saturated carbocycles. The molecule has 1 atom stereocenters. The summed E-state index contributed by atoms with van der Waals surface area (Å²) in [6, 6.07) is 19.6. The van der Waals surface area contributed by atoms with Gasteiger partial charge in [0.2, 0.25) is 0 Å². The van der Waals surface area contributed by atoms with E-state index in [4.69, 9.17) is 14.2 Å². The average Bonchev–Trinajstić information content (AvgIpc) is 3.06. The molecular weight excluding hydrogens is 612 g/mol. The highest BCUT2D eigenvalue weighted by Crippen LogP contribution is 2.26. The first-order chi connectivity index (χ1) is 23.0. The van der Waals surface area contributed by atoms with Gasteiger partial charge in [0.25, 0.3) is 5.91 Å². The van der Waals surface area contributed by atoms with E-state index in [0.29, 0.717) is 5.56 Å². The maximum atomic E-state index is 12.6. The van der Waals surface area contributed by atoms with Gasteiger partial charge < -0.3 is 34.9 Å². The van der Waals surface area contributed by atoms with Gasteiger partial charge in [-0.2, -0.15) is 5.26 Å². The summed E-state index contributed by atoms with van der Waals surface area (Å²) in [5.74, 6) is -1.02. The molecule has 11 nitrogen and oxygen atoms in total. The number of anilines is 1. The van der Waals surface area contributed by atoms with Gasteiger partial charge in [0.1, 0.15) is 29.6 Å². The second-order valence-electron chi connectivity index (χ2n) is 12.6. The van der Waals surface area contributed by atoms with Crippen molar-refractivity contribution in [3.05, 3.63) is 77.4 Å². The Kier molecular flexibility index (Phi) is 12.8. The molecule has 0 unspecified atom stereocenters. The van der Waals surface area contributed by atoms with Crippen LogP contribution in [0.25, 0.3) is 16.8 Å². The Bertz CT molecular complexity index is 1630. The standard InChI is InChI=1S/C37H44N4O7/c1-37(2,3)48-36(45)40-33(27-10-13-32(42)14-11-27)24-34(43)47-20-19-46-18-15-39-35(44)30(25-38)22-26-7-8-29-23-31(12-9-28(29)21-26)41-16-5-4-6-17-41/h7-14,21-23,33,42H,4-6,15-20,24H2,1-3H3,(H,39,44)(H,40,45)/b30-22+/t33-/m1/s1. The van der Waals surface area contributed by atoms with Crippen molar-refractivity contribution < 1.29 is 33.7 Å². The van der Waals surface area contributed by atoms with Crippen LogP contribution in [0.15, 0.2) is 66.2 Å². The van der Waals surface area contributed by atoms with E-state index < -0.39 is 29.6 Å². The SMILES string of the molecule is CC(C)(C)OC(=O)N[C@H](CC(=O)OCCOCCNC(=O)/C(C#N)=C/c1ccc2cc(N3CCCCC3)ccc2c1)c1ccc(O)cc1. The van der Waals surface area contributed by atoms with Gasteiger partial charge in [0, 0.05) is 25.3 Å². The van der Waals surface area contributed by atoms with Crippen molar-refractivity contribution in [2.24, 2.45) is 0 Å². The van der Waals surface area contributed by atoms with E-state index in [-0.39, 0.29) is 44.1 Å². The number of ether oxygens (including phenoxy) is 3. The van der Waals surface area contributed by atoms with Crippen molar-refractivity contribution in [3.8, 4) is 11.8 Å². The van der Waals surface area contributed by atoms with E-state index in [2.05, 4.69) is 33.7 Å². The molecule has 48 heavy (non-hydrogen) atoms. The summed E-state index contributed by atoms with van der Waals surface area (Å²) in [4.78, 5) is 39.9. The number of hydrogen-bond donors (Lipinski definition) is 3. The number of benzene rings is 3. The molecule has 0 spiro atoms. The summed E-state index contributed by atoms with van der Waals surface area (Å²) in [6.45, 7) is 7.71. The van der Waals surface area contributed by atoms with Crippen LogP contribution in [-0.4, -0.2) is 68.1 Å². The van der Waals surface area contributed by atoms with Crippen molar-refractivity contribution in [1.82, 2.24) is 10.6 Å². The third kappa shape index (κ3) is 11.3. The van der Waals surface area contributed by atoms with Gasteiger partial charge in [-0.05, 0) is 98.3 Å². The number of carbonyl (C=O) groups is 3. The summed E-state index contributed by atoms with van der Waals surface area (Å²) in [6.07, 6.45) is 4.42. The molecule has 254 valence electrons. The quantitative estimate of drug-likeness (QED) is 0.0901. The number of nitriles is 1. The Balaban J connectivity index is 1.19. The largest absolute Gasteiger partial charge is 0.508 e. The summed E-state index contributed by atoms with van der Waals surface area (Å²) < 4.78 is 16.1. The Morgan fingerprint density at radius 1 is 0.958 bits per heavy atom. The lowest BCUT2D eigenvalue weighted by molar-refractivity contribution is -0.145. The molecular formula is C37H44N4O7. The molecule has 1 fully saturated rings. The number of phenols is 1. The number of phenolic OH excluding ortho intramolecular Hbond substituents is 1. The van der Waals surface area contributed by atoms with E-state index >= 15 is 0 Å². The molecule has 11 heteroatoms. The van der Waals surface area contributed by atoms with Crippen molar-refractivity contribution >= 4 is 40.5 Å². The van der Waals surface area contributed by atoms with Gasteiger partial charge in [-0.1, -0.05) is 30.3 Å². The number of rotatable bonds is 13. The van der Waals surface area contributed by atoms with E-state index in [0.717, 1.165) is 29.4 Å². The number of alkyl carbamates (subject to hydrolysis) is 1. The first-order valence-electron chi connectivity index (χ1n) is 16.2. The summed E-state index contributed by atoms with van der Waals surface area (Å²) in [5, 5.41) is 26.7. The number of nitrogens with zero attached hydrogens (tertiary/aromatic N) is 2. The number of hydrogen-bond acceptors (Lipinski definition) is 9. The highest BCUT2D eigenvalue weighted by atomic mass is 16.6. The summed E-state index contributed by atoms with van der Waals surface area (Å²) in [5.41, 5.74) is 1.83. The fourth-order valence-electron chi connectivity index (χ4n) is 5.29. The van der Waals surface area contributed by atoms with Gasteiger partial charge in [0.15, 0.2) is 0 Å². The highest BCUT2D eigenvalue weighted by Gasteiger charge is 2.23. The second kappa shape index (κ2) is 17.2. The van der Waals surface area contributed by atoms with Crippen LogP contribution in [0, 0.1) is 11.3 Å². The number of nitrogens with one attached hydrogen (secondary N) is 2. The predicted molar refractivity (Wildman–Crippen MR) is 183 cm³/mol. The summed E-state index contributed by atoms with van der Waals surface area (Å²) in [7, 11) is 0. The van der Waals surface area contributed by atoms with Crippen LogP contribution < -0.4 is 15.5 Å². The van der Waals surface area contributed by atoms with Gasteiger partial charge in [-0.15, -0.1) is 0 Å². The predicted octanol–water partition coefficient (Wildman–Crippen LogP) is 5.77. The zero-order chi connectivity index (χ0) is 34.5. The molecule has 2 amide bonds. The maximum absolute atomic E-state index is 12.6. The van der Waals surface area contributed by atoms with Crippen LogP contribution in [0.3, 0.4) is 0 Å². The monoisotopic (exact) mass is 656 g/mol. The van der Waals surface area contributed by atoms with Crippen LogP contribution in [0.1, 0.15) is 63.6 Å². The third-order valence-corrected chi connectivity index (χ3v) is 7.63. The number of carbonyl (C=O) groups excluding carboxylic acids is 3. The first-order valence-corrected chi connectivity index (χ1v) is 16.2. The number of amides is 2. The van der Waals surface area contributed by atoms with Crippen LogP contribution in [0.4, 0.5) is 10.5 Å². The highest BCUT2D eigenvalue weighted by molar-refractivity contribution is 6.02. The minimum Gasteiger partial charge on any atom is -0.508 e. The van der Waals surface area contributed by atoms with E-state index in [1.807, 2.05) is 24.3 Å². The van der Waals surface area contributed by atoms with Crippen LogP contribution in [0.5, 0.6) is 5.75 Å². The topological polar surface area (TPSA) is 150 Å². The summed E-state index contributed by atoms with van der Waals surface area (Å²) >= 11 is 0. The molecule has 1 heterocycles. The molecule has 3 aromatic rings. The fraction of sp³-hybridized carbons (Fsp3) is 0.405. The molecule has 4 rings (SSSR count). The van der Waals surface area contributed by atoms with Crippen LogP contribution in [0.2, 0.25) is 0 Å². The minimum atomic E-state index is -0.738. The second-order valence-corrected chi connectivity index (χ2v) is 12.6. The molecule has 3 aromatic carbocycles. The van der Waals surface area contributed by atoms with Crippen molar-refractivity contribution in [2.45, 2.75) is 58.1 Å². The molecule has 1 aliphatic heterocycles. The Morgan fingerprint density at radius 3 is 2.38 bits per heavy atom. The van der Waals surface area contributed by atoms with Gasteiger partial charge >= 0.3 is 12.1 Å². The van der Waals surface area contributed by atoms with E-state index in [1.165, 1.54) is 37.1 Å². The number of fused-ring (bicyclic) bond motifs is 1. The van der Waals surface area contributed by atoms with Crippen molar-refractivity contribution in [2.75, 3.05) is 44.4 Å². The molecule has 0 aliphatic carbocycles. The van der Waals surface area contributed by atoms with E-state index in [1.54, 1.807) is 39.0 Å². The average molecular weight is 657 g/mol. The van der Waals surface area contributed by atoms with Crippen LogP contribution >= 0.6 is 0 Å². The Morgan fingerprint density at radius 2 is 1.67 bits per heavy atom. The van der Waals surface area contributed by atoms with Crippen molar-refractivity contribution in [3.63, 3.8) is 0 Å². The number of esters is 1. The molecule has 1 aliphatic rings. The molecule has 0 aromatic heterocycles. The Hall–Kier alpha value is -5.08. The number of piperidine rings is 1. The van der Waals surface area contributed by atoms with Gasteiger partial charge in [-0.25, -0.2) is 4.79 Å². The van der Waals surface area contributed by atoms with Crippen LogP contribution in [-0.2, 0) is 23.8 Å². The Labute approximate surface area is 281 Å². The lowest BCUT2D eigenvalue weighted by Gasteiger charge is -2.29. The third-order valence-electron chi connectivity index (χ3n) is 7.63. The minimum absolute atomic E-state index is 0.0172. The normalized spacial score (nSPS) is 14.1.